The second-order valence-corrected chi connectivity index (χ2v) is 4.84. The maximum atomic E-state index is 3.76. The first-order valence-electron chi connectivity index (χ1n) is 5.25. The van der Waals surface area contributed by atoms with Crippen LogP contribution >= 0.6 is 15.9 Å². The summed E-state index contributed by atoms with van der Waals surface area (Å²) in [5.41, 5.74) is 1.36. The Kier molecular flexibility index (Phi) is 5.06. The topological polar surface area (TPSA) is 12.0 Å². The van der Waals surface area contributed by atoms with Crippen molar-refractivity contribution in [2.45, 2.75) is 32.4 Å². The number of nitrogens with one attached hydrogen (secondary N) is 1. The Morgan fingerprint density at radius 1 is 1.33 bits per heavy atom. The Balaban J connectivity index is 2.47. The largest absolute Gasteiger partial charge is 0.308 e. The van der Waals surface area contributed by atoms with E-state index in [0.717, 1.165) is 10.9 Å². The van der Waals surface area contributed by atoms with Gasteiger partial charge in [0.05, 0.1) is 0 Å². The van der Waals surface area contributed by atoms with Crippen molar-refractivity contribution in [3.63, 3.8) is 0 Å². The summed E-state index contributed by atoms with van der Waals surface area (Å²) >= 11 is 3.43. The summed E-state index contributed by atoms with van der Waals surface area (Å²) in [6.45, 7) is 8.08. The average molecular weight is 268 g/mol. The summed E-state index contributed by atoms with van der Waals surface area (Å²) in [6, 6.07) is 9.31. The van der Waals surface area contributed by atoms with Gasteiger partial charge in [-0.05, 0) is 38.0 Å². The van der Waals surface area contributed by atoms with Crippen LogP contribution in [0.15, 0.2) is 41.4 Å². The molecule has 2 unspecified atom stereocenters. The number of hydrogen-bond acceptors (Lipinski definition) is 1. The van der Waals surface area contributed by atoms with Crippen LogP contribution in [0.25, 0.3) is 0 Å². The van der Waals surface area contributed by atoms with Crippen LogP contribution in [-0.4, -0.2) is 12.1 Å². The van der Waals surface area contributed by atoms with Gasteiger partial charge < -0.3 is 5.32 Å². The molecule has 2 atom stereocenters. The molecule has 82 valence electrons. The second-order valence-electron chi connectivity index (χ2n) is 3.92. The van der Waals surface area contributed by atoms with Crippen LogP contribution < -0.4 is 5.32 Å². The molecule has 1 N–H and O–H groups in total. The highest BCUT2D eigenvalue weighted by molar-refractivity contribution is 9.10. The molecule has 0 fully saturated rings. The molecule has 15 heavy (non-hydrogen) atoms. The Morgan fingerprint density at radius 2 is 1.93 bits per heavy atom. The standard InChI is InChI=1S/C13H18BrN/c1-4-10(2)15-11(3)9-12-5-7-13(14)8-6-12/h4-8,10-11,15H,1,9H2,2-3H3. The average Bonchev–Trinajstić information content (AvgIpc) is 2.21. The van der Waals surface area contributed by atoms with Crippen LogP contribution in [0.4, 0.5) is 0 Å². The summed E-state index contributed by atoms with van der Waals surface area (Å²) < 4.78 is 1.13. The third-order valence-electron chi connectivity index (χ3n) is 2.36. The molecule has 1 nitrogen and oxygen atoms in total. The highest BCUT2D eigenvalue weighted by atomic mass is 79.9. The van der Waals surface area contributed by atoms with E-state index in [-0.39, 0.29) is 0 Å². The minimum absolute atomic E-state index is 0.371. The second kappa shape index (κ2) is 6.09. The zero-order valence-corrected chi connectivity index (χ0v) is 10.9. The van der Waals surface area contributed by atoms with E-state index >= 15 is 0 Å². The van der Waals surface area contributed by atoms with Gasteiger partial charge in [0.2, 0.25) is 0 Å². The molecule has 0 spiro atoms. The van der Waals surface area contributed by atoms with Crippen molar-refractivity contribution >= 4 is 15.9 Å². The van der Waals surface area contributed by atoms with E-state index < -0.39 is 0 Å². The highest BCUT2D eigenvalue weighted by Crippen LogP contribution is 2.11. The Bertz CT molecular complexity index is 305. The molecule has 0 saturated heterocycles. The van der Waals surface area contributed by atoms with Gasteiger partial charge in [0, 0.05) is 16.6 Å². The molecule has 2 heteroatoms. The van der Waals surface area contributed by atoms with E-state index in [0.29, 0.717) is 12.1 Å². The minimum Gasteiger partial charge on any atom is -0.308 e. The van der Waals surface area contributed by atoms with E-state index in [1.54, 1.807) is 0 Å². The monoisotopic (exact) mass is 267 g/mol. The highest BCUT2D eigenvalue weighted by Gasteiger charge is 2.05. The van der Waals surface area contributed by atoms with Gasteiger partial charge in [-0.2, -0.15) is 0 Å². The first-order valence-corrected chi connectivity index (χ1v) is 6.04. The summed E-state index contributed by atoms with van der Waals surface area (Å²) in [5, 5.41) is 3.46. The fraction of sp³-hybridized carbons (Fsp3) is 0.385. The van der Waals surface area contributed by atoms with Gasteiger partial charge >= 0.3 is 0 Å². The lowest BCUT2D eigenvalue weighted by Gasteiger charge is -2.17. The molecule has 0 aliphatic rings. The lowest BCUT2D eigenvalue weighted by atomic mass is 10.1. The summed E-state index contributed by atoms with van der Waals surface area (Å²) in [7, 11) is 0. The zero-order chi connectivity index (χ0) is 11.3. The molecule has 1 aromatic carbocycles. The van der Waals surface area contributed by atoms with Gasteiger partial charge in [-0.3, -0.25) is 0 Å². The zero-order valence-electron chi connectivity index (χ0n) is 9.33. The first-order chi connectivity index (χ1) is 7.11. The van der Waals surface area contributed by atoms with Crippen molar-refractivity contribution < 1.29 is 0 Å². The first kappa shape index (κ1) is 12.5. The van der Waals surface area contributed by atoms with Crippen molar-refractivity contribution in [2.75, 3.05) is 0 Å². The summed E-state index contributed by atoms with van der Waals surface area (Å²) in [4.78, 5) is 0. The maximum absolute atomic E-state index is 3.76. The Labute approximate surface area is 101 Å². The predicted molar refractivity (Wildman–Crippen MR) is 70.1 cm³/mol. The smallest absolute Gasteiger partial charge is 0.0221 e. The molecular weight excluding hydrogens is 250 g/mol. The van der Waals surface area contributed by atoms with Gasteiger partial charge in [0.1, 0.15) is 0 Å². The third kappa shape index (κ3) is 4.63. The van der Waals surface area contributed by atoms with Crippen LogP contribution in [0.2, 0.25) is 0 Å². The van der Waals surface area contributed by atoms with Gasteiger partial charge in [-0.25, -0.2) is 0 Å². The molecule has 0 heterocycles. The summed E-state index contributed by atoms with van der Waals surface area (Å²) in [5.74, 6) is 0. The third-order valence-corrected chi connectivity index (χ3v) is 2.88. The lowest BCUT2D eigenvalue weighted by Crippen LogP contribution is -2.34. The van der Waals surface area contributed by atoms with E-state index in [1.165, 1.54) is 5.56 Å². The van der Waals surface area contributed by atoms with Crippen molar-refractivity contribution in [1.82, 2.24) is 5.32 Å². The molecular formula is C13H18BrN. The van der Waals surface area contributed by atoms with Crippen molar-refractivity contribution in [3.05, 3.63) is 47.0 Å². The van der Waals surface area contributed by atoms with Crippen LogP contribution in [0.5, 0.6) is 0 Å². The molecule has 0 aromatic heterocycles. The van der Waals surface area contributed by atoms with E-state index in [1.807, 2.05) is 6.08 Å². The number of hydrogen-bond donors (Lipinski definition) is 1. The van der Waals surface area contributed by atoms with Gasteiger partial charge in [-0.1, -0.05) is 34.1 Å². The molecule has 0 amide bonds. The van der Waals surface area contributed by atoms with Crippen molar-refractivity contribution in [2.24, 2.45) is 0 Å². The number of rotatable bonds is 5. The molecule has 0 aliphatic heterocycles. The van der Waals surface area contributed by atoms with E-state index in [4.69, 9.17) is 0 Å². The Hall–Kier alpha value is -0.600. The molecule has 1 aromatic rings. The van der Waals surface area contributed by atoms with Crippen LogP contribution in [0.1, 0.15) is 19.4 Å². The van der Waals surface area contributed by atoms with Crippen LogP contribution in [-0.2, 0) is 6.42 Å². The molecule has 0 aliphatic carbocycles. The Morgan fingerprint density at radius 3 is 2.47 bits per heavy atom. The van der Waals surface area contributed by atoms with Gasteiger partial charge in [0.15, 0.2) is 0 Å². The normalized spacial score (nSPS) is 14.6. The number of halogens is 1. The van der Waals surface area contributed by atoms with Crippen LogP contribution in [0, 0.1) is 0 Å². The molecule has 0 radical (unpaired) electrons. The van der Waals surface area contributed by atoms with Gasteiger partial charge in [0.25, 0.3) is 0 Å². The lowest BCUT2D eigenvalue weighted by molar-refractivity contribution is 0.514. The fourth-order valence-electron chi connectivity index (χ4n) is 1.55. The van der Waals surface area contributed by atoms with Crippen LogP contribution in [0.3, 0.4) is 0 Å². The predicted octanol–water partition coefficient (Wildman–Crippen LogP) is 3.54. The minimum atomic E-state index is 0.371. The van der Waals surface area contributed by atoms with Gasteiger partial charge in [-0.15, -0.1) is 6.58 Å². The summed E-state index contributed by atoms with van der Waals surface area (Å²) in [6.07, 6.45) is 2.98. The molecule has 0 saturated carbocycles. The van der Waals surface area contributed by atoms with E-state index in [2.05, 4.69) is 65.9 Å². The van der Waals surface area contributed by atoms with Crippen molar-refractivity contribution in [3.8, 4) is 0 Å². The SMILES string of the molecule is C=CC(C)NC(C)Cc1ccc(Br)cc1. The fourth-order valence-corrected chi connectivity index (χ4v) is 1.81. The maximum Gasteiger partial charge on any atom is 0.0221 e. The van der Waals surface area contributed by atoms with Crippen molar-refractivity contribution in [1.29, 1.82) is 0 Å². The number of benzene rings is 1. The molecule has 1 rings (SSSR count). The quantitative estimate of drug-likeness (QED) is 0.805. The van der Waals surface area contributed by atoms with E-state index in [9.17, 15) is 0 Å². The molecule has 0 bridgehead atoms.